The molecule has 18 heavy (non-hydrogen) atoms. The predicted molar refractivity (Wildman–Crippen MR) is 75.8 cm³/mol. The van der Waals surface area contributed by atoms with Gasteiger partial charge in [0, 0.05) is 12.3 Å². The fourth-order valence-electron chi connectivity index (χ4n) is 1.64. The van der Waals surface area contributed by atoms with E-state index in [1.807, 2.05) is 4.68 Å². The standard InChI is InChI=1S/C12H25N5S/c1-4-7-13-8-9-17-12(14-15-16-17)18-10-11(5-2)6-3/h11,13H,4-10H2,1-3H3. The van der Waals surface area contributed by atoms with Crippen LogP contribution in [0.15, 0.2) is 5.16 Å². The fourth-order valence-corrected chi connectivity index (χ4v) is 2.87. The summed E-state index contributed by atoms with van der Waals surface area (Å²) in [6.45, 7) is 9.48. The molecule has 0 saturated heterocycles. The second kappa shape index (κ2) is 9.33. The van der Waals surface area contributed by atoms with E-state index in [0.717, 1.165) is 42.9 Å². The van der Waals surface area contributed by atoms with Crippen LogP contribution in [0.2, 0.25) is 0 Å². The lowest BCUT2D eigenvalue weighted by Crippen LogP contribution is -2.21. The molecular weight excluding hydrogens is 246 g/mol. The SMILES string of the molecule is CCCNCCn1nnnc1SCC(CC)CC. The molecule has 1 aromatic rings. The average molecular weight is 271 g/mol. The summed E-state index contributed by atoms with van der Waals surface area (Å²) in [5, 5.41) is 16.2. The quantitative estimate of drug-likeness (QED) is 0.522. The van der Waals surface area contributed by atoms with Gasteiger partial charge in [0.2, 0.25) is 5.16 Å². The minimum Gasteiger partial charge on any atom is -0.315 e. The first-order chi connectivity index (χ1) is 8.81. The Hall–Kier alpha value is -0.620. The van der Waals surface area contributed by atoms with Crippen molar-refractivity contribution in [3.63, 3.8) is 0 Å². The van der Waals surface area contributed by atoms with Gasteiger partial charge in [-0.05, 0) is 29.3 Å². The van der Waals surface area contributed by atoms with Crippen molar-refractivity contribution in [2.24, 2.45) is 5.92 Å². The second-order valence-electron chi connectivity index (χ2n) is 4.43. The van der Waals surface area contributed by atoms with Crippen LogP contribution >= 0.6 is 11.8 Å². The van der Waals surface area contributed by atoms with Crippen molar-refractivity contribution >= 4 is 11.8 Å². The molecule has 0 aromatic carbocycles. The Bertz CT molecular complexity index is 311. The van der Waals surface area contributed by atoms with E-state index in [1.54, 1.807) is 11.8 Å². The van der Waals surface area contributed by atoms with Crippen LogP contribution in [0.3, 0.4) is 0 Å². The Morgan fingerprint density at radius 1 is 1.22 bits per heavy atom. The van der Waals surface area contributed by atoms with Gasteiger partial charge in [0.05, 0.1) is 6.54 Å². The first-order valence-electron chi connectivity index (χ1n) is 6.91. The van der Waals surface area contributed by atoms with Gasteiger partial charge in [0.25, 0.3) is 0 Å². The molecule has 0 aliphatic rings. The van der Waals surface area contributed by atoms with Crippen molar-refractivity contribution in [1.29, 1.82) is 0 Å². The summed E-state index contributed by atoms with van der Waals surface area (Å²) in [4.78, 5) is 0. The maximum absolute atomic E-state index is 4.09. The molecule has 1 rings (SSSR count). The van der Waals surface area contributed by atoms with E-state index in [-0.39, 0.29) is 0 Å². The molecule has 0 unspecified atom stereocenters. The third-order valence-electron chi connectivity index (χ3n) is 3.03. The highest BCUT2D eigenvalue weighted by Gasteiger charge is 2.10. The maximum atomic E-state index is 4.09. The van der Waals surface area contributed by atoms with E-state index in [0.29, 0.717) is 0 Å². The summed E-state index contributed by atoms with van der Waals surface area (Å²) in [7, 11) is 0. The van der Waals surface area contributed by atoms with E-state index in [2.05, 4.69) is 41.6 Å². The maximum Gasteiger partial charge on any atom is 0.209 e. The van der Waals surface area contributed by atoms with Gasteiger partial charge >= 0.3 is 0 Å². The van der Waals surface area contributed by atoms with Crippen LogP contribution in [-0.2, 0) is 6.54 Å². The molecule has 0 aliphatic heterocycles. The van der Waals surface area contributed by atoms with E-state index in [4.69, 9.17) is 0 Å². The first-order valence-corrected chi connectivity index (χ1v) is 7.90. The topological polar surface area (TPSA) is 55.6 Å². The molecule has 6 heteroatoms. The minimum atomic E-state index is 0.762. The molecule has 0 bridgehead atoms. The number of tetrazole rings is 1. The fraction of sp³-hybridized carbons (Fsp3) is 0.917. The second-order valence-corrected chi connectivity index (χ2v) is 5.42. The van der Waals surface area contributed by atoms with Crippen molar-refractivity contribution in [2.45, 2.75) is 51.7 Å². The molecule has 0 spiro atoms. The summed E-state index contributed by atoms with van der Waals surface area (Å²) in [6.07, 6.45) is 3.61. The molecule has 5 nitrogen and oxygen atoms in total. The summed E-state index contributed by atoms with van der Waals surface area (Å²) >= 11 is 1.77. The van der Waals surface area contributed by atoms with E-state index >= 15 is 0 Å². The molecule has 1 aromatic heterocycles. The van der Waals surface area contributed by atoms with Crippen LogP contribution in [0.5, 0.6) is 0 Å². The lowest BCUT2D eigenvalue weighted by atomic mass is 10.1. The Morgan fingerprint density at radius 3 is 2.67 bits per heavy atom. The van der Waals surface area contributed by atoms with Gasteiger partial charge in [-0.15, -0.1) is 5.10 Å². The van der Waals surface area contributed by atoms with Crippen LogP contribution in [-0.4, -0.2) is 39.0 Å². The lowest BCUT2D eigenvalue weighted by Gasteiger charge is -2.11. The van der Waals surface area contributed by atoms with Crippen LogP contribution < -0.4 is 5.32 Å². The Labute approximate surface area is 114 Å². The smallest absolute Gasteiger partial charge is 0.209 e. The van der Waals surface area contributed by atoms with Crippen molar-refractivity contribution in [1.82, 2.24) is 25.5 Å². The number of nitrogens with one attached hydrogen (secondary N) is 1. The monoisotopic (exact) mass is 271 g/mol. The van der Waals surface area contributed by atoms with Gasteiger partial charge in [-0.3, -0.25) is 0 Å². The Morgan fingerprint density at radius 2 is 2.00 bits per heavy atom. The van der Waals surface area contributed by atoms with E-state index in [1.165, 1.54) is 12.8 Å². The largest absolute Gasteiger partial charge is 0.315 e. The number of thioether (sulfide) groups is 1. The molecule has 104 valence electrons. The highest BCUT2D eigenvalue weighted by atomic mass is 32.2. The van der Waals surface area contributed by atoms with Crippen molar-refractivity contribution in [3.8, 4) is 0 Å². The number of rotatable bonds is 10. The third-order valence-corrected chi connectivity index (χ3v) is 4.22. The zero-order chi connectivity index (χ0) is 13.2. The highest BCUT2D eigenvalue weighted by molar-refractivity contribution is 7.99. The van der Waals surface area contributed by atoms with Crippen molar-refractivity contribution in [2.75, 3.05) is 18.8 Å². The summed E-state index contributed by atoms with van der Waals surface area (Å²) < 4.78 is 1.90. The number of hydrogen-bond acceptors (Lipinski definition) is 5. The first kappa shape index (κ1) is 15.4. The van der Waals surface area contributed by atoms with Gasteiger partial charge in [-0.25, -0.2) is 4.68 Å². The van der Waals surface area contributed by atoms with Gasteiger partial charge in [0.15, 0.2) is 0 Å². The highest BCUT2D eigenvalue weighted by Crippen LogP contribution is 2.20. The summed E-state index contributed by atoms with van der Waals surface area (Å²) in [6, 6.07) is 0. The number of aromatic nitrogens is 4. The zero-order valence-electron chi connectivity index (χ0n) is 11.7. The molecule has 0 fully saturated rings. The van der Waals surface area contributed by atoms with Crippen molar-refractivity contribution < 1.29 is 0 Å². The molecular formula is C12H25N5S. The van der Waals surface area contributed by atoms with Gasteiger partial charge < -0.3 is 5.32 Å². The van der Waals surface area contributed by atoms with Crippen LogP contribution in [0, 0.1) is 5.92 Å². The Balaban J connectivity index is 2.34. The predicted octanol–water partition coefficient (Wildman–Crippen LogP) is 2.20. The van der Waals surface area contributed by atoms with Crippen LogP contribution in [0.4, 0.5) is 0 Å². The van der Waals surface area contributed by atoms with Crippen molar-refractivity contribution in [3.05, 3.63) is 0 Å². The van der Waals surface area contributed by atoms with E-state index < -0.39 is 0 Å². The third kappa shape index (κ3) is 5.35. The summed E-state index contributed by atoms with van der Waals surface area (Å²) in [5.74, 6) is 1.87. The normalized spacial score (nSPS) is 11.3. The van der Waals surface area contributed by atoms with Gasteiger partial charge in [-0.2, -0.15) is 0 Å². The van der Waals surface area contributed by atoms with E-state index in [9.17, 15) is 0 Å². The molecule has 1 N–H and O–H groups in total. The average Bonchev–Trinajstić information content (AvgIpc) is 2.83. The Kier molecular flexibility index (Phi) is 8.00. The lowest BCUT2D eigenvalue weighted by molar-refractivity contribution is 0.508. The number of hydrogen-bond donors (Lipinski definition) is 1. The van der Waals surface area contributed by atoms with Gasteiger partial charge in [-0.1, -0.05) is 45.4 Å². The molecule has 0 amide bonds. The molecule has 0 aliphatic carbocycles. The molecule has 0 atom stereocenters. The minimum absolute atomic E-state index is 0.762. The van der Waals surface area contributed by atoms with Crippen LogP contribution in [0.1, 0.15) is 40.0 Å². The molecule has 1 heterocycles. The zero-order valence-corrected chi connectivity index (χ0v) is 12.5. The number of nitrogens with zero attached hydrogens (tertiary/aromatic N) is 4. The van der Waals surface area contributed by atoms with Crippen LogP contribution in [0.25, 0.3) is 0 Å². The molecule has 0 radical (unpaired) electrons. The summed E-state index contributed by atoms with van der Waals surface area (Å²) in [5.41, 5.74) is 0. The van der Waals surface area contributed by atoms with Gasteiger partial charge in [0.1, 0.15) is 0 Å². The molecule has 0 saturated carbocycles.